The van der Waals surface area contributed by atoms with Crippen molar-refractivity contribution >= 4 is 17.5 Å². The smallest absolute Gasteiger partial charge is 0.413 e. The zero-order chi connectivity index (χ0) is 21.1. The number of pyridine rings is 1. The van der Waals surface area contributed by atoms with Gasteiger partial charge in [-0.3, -0.25) is 10.00 Å². The van der Waals surface area contributed by atoms with E-state index in [2.05, 4.69) is 21.9 Å². The number of ether oxygens (including phenoxy) is 2. The average molecular weight is 413 g/mol. The molecular formula is C21H27N5O4. The average Bonchev–Trinajstić information content (AvgIpc) is 3.47. The van der Waals surface area contributed by atoms with Crippen LogP contribution in [0.5, 0.6) is 11.5 Å². The maximum atomic E-state index is 12.0. The molecule has 0 atom stereocenters. The minimum atomic E-state index is -0.589. The van der Waals surface area contributed by atoms with Crippen LogP contribution in [0.1, 0.15) is 51.8 Å². The highest BCUT2D eigenvalue weighted by molar-refractivity contribution is 5.83. The van der Waals surface area contributed by atoms with E-state index < -0.39 is 11.7 Å². The molecule has 2 aliphatic rings. The molecule has 1 aliphatic carbocycles. The quantitative estimate of drug-likeness (QED) is 0.762. The van der Waals surface area contributed by atoms with Crippen LogP contribution in [-0.4, -0.2) is 39.6 Å². The van der Waals surface area contributed by atoms with Crippen molar-refractivity contribution in [3.63, 3.8) is 0 Å². The lowest BCUT2D eigenvalue weighted by Gasteiger charge is -2.19. The van der Waals surface area contributed by atoms with Crippen LogP contribution >= 0.6 is 0 Å². The van der Waals surface area contributed by atoms with Crippen LogP contribution in [0.2, 0.25) is 0 Å². The predicted molar refractivity (Wildman–Crippen MR) is 111 cm³/mol. The fraction of sp³-hybridized carbons (Fsp3) is 0.476. The van der Waals surface area contributed by atoms with Crippen LogP contribution in [0.15, 0.2) is 30.6 Å². The van der Waals surface area contributed by atoms with E-state index >= 15 is 0 Å². The molecule has 4 rings (SSSR count). The number of hydrogen-bond acceptors (Lipinski definition) is 7. The molecule has 30 heavy (non-hydrogen) atoms. The van der Waals surface area contributed by atoms with E-state index in [-0.39, 0.29) is 0 Å². The molecule has 0 saturated heterocycles. The molecule has 0 radical (unpaired) electrons. The zero-order valence-corrected chi connectivity index (χ0v) is 17.5. The summed E-state index contributed by atoms with van der Waals surface area (Å²) >= 11 is 0. The first-order chi connectivity index (χ1) is 14.4. The Morgan fingerprint density at radius 3 is 2.97 bits per heavy atom. The SMILES string of the molecule is CC(C)(C)OC(=O)Nc1cc(Oc2cn(C3CC3)nc2C2=CCCONC2)ccn1. The molecule has 0 spiro atoms. The Balaban J connectivity index is 1.54. The normalized spacial score (nSPS) is 17.1. The van der Waals surface area contributed by atoms with Crippen molar-refractivity contribution in [2.45, 2.75) is 51.7 Å². The number of aromatic nitrogens is 3. The van der Waals surface area contributed by atoms with Crippen LogP contribution in [0.25, 0.3) is 5.57 Å². The molecule has 160 valence electrons. The number of rotatable bonds is 5. The molecule has 2 aromatic heterocycles. The van der Waals surface area contributed by atoms with E-state index in [1.165, 1.54) is 0 Å². The van der Waals surface area contributed by atoms with Crippen molar-refractivity contribution in [1.82, 2.24) is 20.2 Å². The molecule has 2 N–H and O–H groups in total. The Morgan fingerprint density at radius 1 is 1.37 bits per heavy atom. The highest BCUT2D eigenvalue weighted by Gasteiger charge is 2.27. The second-order valence-corrected chi connectivity index (χ2v) is 8.35. The number of hydroxylamine groups is 1. The highest BCUT2D eigenvalue weighted by atomic mass is 16.6. The Morgan fingerprint density at radius 2 is 2.20 bits per heavy atom. The van der Waals surface area contributed by atoms with Crippen molar-refractivity contribution < 1.29 is 19.1 Å². The van der Waals surface area contributed by atoms with Crippen LogP contribution < -0.4 is 15.5 Å². The Hall–Kier alpha value is -2.91. The van der Waals surface area contributed by atoms with Crippen LogP contribution in [-0.2, 0) is 9.57 Å². The monoisotopic (exact) mass is 413 g/mol. The highest BCUT2D eigenvalue weighted by Crippen LogP contribution is 2.38. The van der Waals surface area contributed by atoms with E-state index in [0.29, 0.717) is 36.5 Å². The first kappa shape index (κ1) is 20.4. The van der Waals surface area contributed by atoms with E-state index in [1.54, 1.807) is 39.1 Å². The van der Waals surface area contributed by atoms with Crippen molar-refractivity contribution in [3.8, 4) is 11.5 Å². The van der Waals surface area contributed by atoms with Gasteiger partial charge in [-0.15, -0.1) is 0 Å². The summed E-state index contributed by atoms with van der Waals surface area (Å²) in [7, 11) is 0. The summed E-state index contributed by atoms with van der Waals surface area (Å²) in [5.74, 6) is 1.55. The molecule has 0 bridgehead atoms. The van der Waals surface area contributed by atoms with E-state index in [9.17, 15) is 4.79 Å². The van der Waals surface area contributed by atoms with Gasteiger partial charge in [-0.2, -0.15) is 10.6 Å². The minimum absolute atomic E-state index is 0.349. The number of carbonyl (C=O) groups excluding carboxylic acids is 1. The van der Waals surface area contributed by atoms with Crippen LogP contribution in [0.3, 0.4) is 0 Å². The summed E-state index contributed by atoms with van der Waals surface area (Å²) in [5.41, 5.74) is 4.18. The van der Waals surface area contributed by atoms with E-state index in [4.69, 9.17) is 19.4 Å². The van der Waals surface area contributed by atoms with Gasteiger partial charge in [0.1, 0.15) is 22.9 Å². The van der Waals surface area contributed by atoms with E-state index in [1.807, 2.05) is 10.9 Å². The number of amides is 1. The molecular weight excluding hydrogens is 386 g/mol. The van der Waals surface area contributed by atoms with Crippen molar-refractivity contribution in [2.75, 3.05) is 18.5 Å². The van der Waals surface area contributed by atoms with Gasteiger partial charge in [-0.25, -0.2) is 9.78 Å². The van der Waals surface area contributed by atoms with Gasteiger partial charge in [0.25, 0.3) is 0 Å². The molecule has 1 amide bonds. The number of anilines is 1. The fourth-order valence-electron chi connectivity index (χ4n) is 3.02. The van der Waals surface area contributed by atoms with Crippen molar-refractivity contribution in [3.05, 3.63) is 36.3 Å². The summed E-state index contributed by atoms with van der Waals surface area (Å²) in [6.07, 6.45) is 8.12. The number of nitrogens with one attached hydrogen (secondary N) is 2. The van der Waals surface area contributed by atoms with Gasteiger partial charge < -0.3 is 14.3 Å². The van der Waals surface area contributed by atoms with Crippen LogP contribution in [0.4, 0.5) is 10.6 Å². The first-order valence-corrected chi connectivity index (χ1v) is 10.1. The first-order valence-electron chi connectivity index (χ1n) is 10.1. The largest absolute Gasteiger partial charge is 0.453 e. The molecule has 2 aromatic rings. The molecule has 1 fully saturated rings. The second-order valence-electron chi connectivity index (χ2n) is 8.35. The third-order valence-electron chi connectivity index (χ3n) is 4.49. The molecule has 3 heterocycles. The molecule has 1 saturated carbocycles. The zero-order valence-electron chi connectivity index (χ0n) is 17.5. The lowest BCUT2D eigenvalue weighted by molar-refractivity contribution is 0.0565. The Labute approximate surface area is 175 Å². The Kier molecular flexibility index (Phi) is 5.74. The summed E-state index contributed by atoms with van der Waals surface area (Å²) < 4.78 is 13.4. The number of carbonyl (C=O) groups is 1. The molecule has 1 aliphatic heterocycles. The van der Waals surface area contributed by atoms with Gasteiger partial charge in [-0.05, 0) is 51.7 Å². The molecule has 0 aromatic carbocycles. The van der Waals surface area contributed by atoms with Gasteiger partial charge in [0, 0.05) is 18.8 Å². The van der Waals surface area contributed by atoms with Crippen molar-refractivity contribution in [1.29, 1.82) is 0 Å². The van der Waals surface area contributed by atoms with Gasteiger partial charge in [0.15, 0.2) is 5.75 Å². The minimum Gasteiger partial charge on any atom is -0.453 e. The maximum Gasteiger partial charge on any atom is 0.413 e. The lowest BCUT2D eigenvalue weighted by atomic mass is 10.1. The fourth-order valence-corrected chi connectivity index (χ4v) is 3.02. The van der Waals surface area contributed by atoms with Gasteiger partial charge in [-0.1, -0.05) is 6.08 Å². The summed E-state index contributed by atoms with van der Waals surface area (Å²) in [5, 5.41) is 7.40. The summed E-state index contributed by atoms with van der Waals surface area (Å²) in [4.78, 5) is 21.5. The third-order valence-corrected chi connectivity index (χ3v) is 4.49. The second kappa shape index (κ2) is 8.45. The number of hydrogen-bond donors (Lipinski definition) is 2. The van der Waals surface area contributed by atoms with Crippen LogP contribution in [0, 0.1) is 0 Å². The topological polar surface area (TPSA) is 99.5 Å². The Bertz CT molecular complexity index is 943. The summed E-state index contributed by atoms with van der Waals surface area (Å²) in [6.45, 7) is 6.59. The van der Waals surface area contributed by atoms with Crippen molar-refractivity contribution in [2.24, 2.45) is 0 Å². The van der Waals surface area contributed by atoms with E-state index in [0.717, 1.165) is 30.5 Å². The molecule has 0 unspecified atom stereocenters. The van der Waals surface area contributed by atoms with Gasteiger partial charge in [0.2, 0.25) is 0 Å². The molecule has 9 nitrogen and oxygen atoms in total. The van der Waals surface area contributed by atoms with Gasteiger partial charge >= 0.3 is 6.09 Å². The predicted octanol–water partition coefficient (Wildman–Crippen LogP) is 4.06. The lowest BCUT2D eigenvalue weighted by Crippen LogP contribution is -2.27. The number of nitrogens with zero attached hydrogens (tertiary/aromatic N) is 3. The summed E-state index contributed by atoms with van der Waals surface area (Å²) in [6, 6.07) is 3.82. The standard InChI is InChI=1S/C21H27N5O4/c1-21(2,3)30-20(27)24-18-11-16(8-9-22-18)29-17-13-26(15-6-7-15)25-19(17)14-5-4-10-28-23-12-14/h5,8-9,11,13,15,23H,4,6-7,10,12H2,1-3H3,(H,22,24,27). The molecule has 9 heteroatoms. The maximum absolute atomic E-state index is 12.0. The third kappa shape index (κ3) is 5.37. The van der Waals surface area contributed by atoms with Gasteiger partial charge in [0.05, 0.1) is 18.8 Å².